The summed E-state index contributed by atoms with van der Waals surface area (Å²) in [6, 6.07) is 17.1. The van der Waals surface area contributed by atoms with Crippen molar-refractivity contribution in [3.63, 3.8) is 0 Å². The fourth-order valence-electron chi connectivity index (χ4n) is 2.77. The molecule has 0 aliphatic carbocycles. The Morgan fingerprint density at radius 1 is 1.11 bits per heavy atom. The number of para-hydroxylation sites is 1. The zero-order chi connectivity index (χ0) is 19.3. The van der Waals surface area contributed by atoms with E-state index in [1.165, 1.54) is 0 Å². The predicted molar refractivity (Wildman–Crippen MR) is 108 cm³/mol. The molecule has 1 unspecified atom stereocenters. The van der Waals surface area contributed by atoms with Crippen LogP contribution in [0.2, 0.25) is 0 Å². The lowest BCUT2D eigenvalue weighted by Crippen LogP contribution is -2.29. The van der Waals surface area contributed by atoms with Gasteiger partial charge in [0, 0.05) is 25.6 Å². The fourth-order valence-corrected chi connectivity index (χ4v) is 2.77. The Kier molecular flexibility index (Phi) is 9.38. The van der Waals surface area contributed by atoms with E-state index in [1.54, 1.807) is 6.07 Å². The largest absolute Gasteiger partial charge is 0.492 e. The van der Waals surface area contributed by atoms with Crippen LogP contribution in [0.5, 0.6) is 5.75 Å². The van der Waals surface area contributed by atoms with E-state index in [1.807, 2.05) is 48.5 Å². The summed E-state index contributed by atoms with van der Waals surface area (Å²) in [5.41, 5.74) is 1.58. The van der Waals surface area contributed by atoms with E-state index in [2.05, 4.69) is 17.6 Å². The number of amides is 1. The molecule has 0 bridgehead atoms. The molecule has 0 heterocycles. The van der Waals surface area contributed by atoms with E-state index in [0.717, 1.165) is 25.1 Å². The molecule has 0 saturated heterocycles. The van der Waals surface area contributed by atoms with Crippen molar-refractivity contribution in [2.24, 2.45) is 5.92 Å². The number of benzene rings is 2. The molecule has 0 saturated carbocycles. The van der Waals surface area contributed by atoms with Crippen molar-refractivity contribution >= 4 is 5.91 Å². The first-order valence-corrected chi connectivity index (χ1v) is 9.60. The third-order valence-electron chi connectivity index (χ3n) is 4.30. The molecule has 0 aromatic heterocycles. The first-order chi connectivity index (χ1) is 13.2. The molecule has 27 heavy (non-hydrogen) atoms. The molecule has 5 nitrogen and oxygen atoms in total. The summed E-state index contributed by atoms with van der Waals surface area (Å²) in [6.07, 6.45) is 1.73. The maximum absolute atomic E-state index is 12.6. The SMILES string of the molecule is CCCNCC(CCO)COc1ccccc1C(=O)NCc1ccccc1. The molecule has 2 rings (SSSR count). The molecular formula is C22H30N2O3. The number of rotatable bonds is 12. The topological polar surface area (TPSA) is 70.6 Å². The van der Waals surface area contributed by atoms with Crippen LogP contribution in [-0.4, -0.2) is 37.3 Å². The lowest BCUT2D eigenvalue weighted by Gasteiger charge is -2.18. The summed E-state index contributed by atoms with van der Waals surface area (Å²) >= 11 is 0. The summed E-state index contributed by atoms with van der Waals surface area (Å²) in [4.78, 5) is 12.6. The Bertz CT molecular complexity index is 676. The van der Waals surface area contributed by atoms with Crippen LogP contribution in [0.1, 0.15) is 35.7 Å². The molecule has 0 aliphatic rings. The average Bonchev–Trinajstić information content (AvgIpc) is 2.71. The molecule has 2 aromatic carbocycles. The number of hydrogen-bond acceptors (Lipinski definition) is 4. The van der Waals surface area contributed by atoms with Gasteiger partial charge in [-0.1, -0.05) is 49.4 Å². The first-order valence-electron chi connectivity index (χ1n) is 9.60. The lowest BCUT2D eigenvalue weighted by atomic mass is 10.1. The van der Waals surface area contributed by atoms with Gasteiger partial charge in [0.2, 0.25) is 0 Å². The molecule has 5 heteroatoms. The van der Waals surface area contributed by atoms with Gasteiger partial charge in [-0.15, -0.1) is 0 Å². The van der Waals surface area contributed by atoms with Gasteiger partial charge in [0.25, 0.3) is 5.91 Å². The van der Waals surface area contributed by atoms with E-state index in [0.29, 0.717) is 30.9 Å². The normalized spacial score (nSPS) is 11.8. The number of carbonyl (C=O) groups excluding carboxylic acids is 1. The van der Waals surface area contributed by atoms with Gasteiger partial charge >= 0.3 is 0 Å². The monoisotopic (exact) mass is 370 g/mol. The highest BCUT2D eigenvalue weighted by Gasteiger charge is 2.14. The second-order valence-electron chi connectivity index (χ2n) is 6.56. The first kappa shape index (κ1) is 20.9. The van der Waals surface area contributed by atoms with Crippen LogP contribution in [-0.2, 0) is 6.54 Å². The van der Waals surface area contributed by atoms with Gasteiger partial charge in [0.05, 0.1) is 12.2 Å². The minimum Gasteiger partial charge on any atom is -0.492 e. The summed E-state index contributed by atoms with van der Waals surface area (Å²) in [5, 5.41) is 15.6. The summed E-state index contributed by atoms with van der Waals surface area (Å²) < 4.78 is 5.94. The van der Waals surface area contributed by atoms with Crippen LogP contribution < -0.4 is 15.4 Å². The molecule has 0 aliphatic heterocycles. The van der Waals surface area contributed by atoms with Gasteiger partial charge in [0.1, 0.15) is 5.75 Å². The third-order valence-corrected chi connectivity index (χ3v) is 4.30. The highest BCUT2D eigenvalue weighted by molar-refractivity contribution is 5.96. The molecule has 0 spiro atoms. The number of ether oxygens (including phenoxy) is 1. The van der Waals surface area contributed by atoms with Crippen LogP contribution in [0.25, 0.3) is 0 Å². The molecule has 0 fully saturated rings. The molecule has 0 radical (unpaired) electrons. The summed E-state index contributed by atoms with van der Waals surface area (Å²) in [6.45, 7) is 4.91. The number of carbonyl (C=O) groups is 1. The number of aliphatic hydroxyl groups is 1. The quantitative estimate of drug-likeness (QED) is 0.502. The van der Waals surface area contributed by atoms with Crippen molar-refractivity contribution in [3.8, 4) is 5.75 Å². The minimum absolute atomic E-state index is 0.126. The van der Waals surface area contributed by atoms with Gasteiger partial charge < -0.3 is 20.5 Å². The Hall–Kier alpha value is -2.37. The van der Waals surface area contributed by atoms with E-state index in [-0.39, 0.29) is 18.4 Å². The van der Waals surface area contributed by atoms with Crippen LogP contribution >= 0.6 is 0 Å². The fraction of sp³-hybridized carbons (Fsp3) is 0.409. The van der Waals surface area contributed by atoms with Gasteiger partial charge in [-0.2, -0.15) is 0 Å². The molecule has 146 valence electrons. The molecular weight excluding hydrogens is 340 g/mol. The van der Waals surface area contributed by atoms with Crippen LogP contribution in [0.15, 0.2) is 54.6 Å². The van der Waals surface area contributed by atoms with Crippen molar-refractivity contribution in [1.82, 2.24) is 10.6 Å². The Morgan fingerprint density at radius 3 is 2.59 bits per heavy atom. The molecule has 1 atom stereocenters. The zero-order valence-corrected chi connectivity index (χ0v) is 16.0. The highest BCUT2D eigenvalue weighted by Crippen LogP contribution is 2.19. The standard InChI is InChI=1S/C22H30N2O3/c1-2-13-23-15-19(12-14-25)17-27-21-11-7-6-10-20(21)22(26)24-16-18-8-4-3-5-9-18/h3-11,19,23,25H,2,12-17H2,1H3,(H,24,26). The van der Waals surface area contributed by atoms with Crippen molar-refractivity contribution in [2.75, 3.05) is 26.3 Å². The van der Waals surface area contributed by atoms with Crippen molar-refractivity contribution in [1.29, 1.82) is 0 Å². The van der Waals surface area contributed by atoms with E-state index >= 15 is 0 Å². The summed E-state index contributed by atoms with van der Waals surface area (Å²) in [5.74, 6) is 0.612. The molecule has 2 aromatic rings. The van der Waals surface area contributed by atoms with Gasteiger partial charge in [0.15, 0.2) is 0 Å². The summed E-state index contributed by atoms with van der Waals surface area (Å²) in [7, 11) is 0. The second-order valence-corrected chi connectivity index (χ2v) is 6.56. The van der Waals surface area contributed by atoms with Crippen molar-refractivity contribution in [2.45, 2.75) is 26.3 Å². The number of hydrogen-bond donors (Lipinski definition) is 3. The van der Waals surface area contributed by atoms with Gasteiger partial charge in [-0.25, -0.2) is 0 Å². The van der Waals surface area contributed by atoms with Crippen molar-refractivity contribution < 1.29 is 14.6 Å². The Labute approximate surface area is 161 Å². The maximum atomic E-state index is 12.6. The maximum Gasteiger partial charge on any atom is 0.255 e. The minimum atomic E-state index is -0.155. The smallest absolute Gasteiger partial charge is 0.255 e. The van der Waals surface area contributed by atoms with Crippen LogP contribution in [0, 0.1) is 5.92 Å². The van der Waals surface area contributed by atoms with Crippen LogP contribution in [0.3, 0.4) is 0 Å². The van der Waals surface area contributed by atoms with E-state index in [4.69, 9.17) is 4.74 Å². The van der Waals surface area contributed by atoms with Crippen LogP contribution in [0.4, 0.5) is 0 Å². The van der Waals surface area contributed by atoms with Gasteiger partial charge in [-0.3, -0.25) is 4.79 Å². The molecule has 3 N–H and O–H groups in total. The number of aliphatic hydroxyl groups excluding tert-OH is 1. The van der Waals surface area contributed by atoms with E-state index < -0.39 is 0 Å². The Morgan fingerprint density at radius 2 is 1.85 bits per heavy atom. The van der Waals surface area contributed by atoms with E-state index in [9.17, 15) is 9.90 Å². The zero-order valence-electron chi connectivity index (χ0n) is 16.0. The van der Waals surface area contributed by atoms with Crippen molar-refractivity contribution in [3.05, 3.63) is 65.7 Å². The number of nitrogens with one attached hydrogen (secondary N) is 2. The highest BCUT2D eigenvalue weighted by atomic mass is 16.5. The second kappa shape index (κ2) is 12.1. The average molecular weight is 370 g/mol. The third kappa shape index (κ3) is 7.41. The Balaban J connectivity index is 1.94. The lowest BCUT2D eigenvalue weighted by molar-refractivity contribution is 0.0945. The molecule has 1 amide bonds. The van der Waals surface area contributed by atoms with Gasteiger partial charge in [-0.05, 0) is 37.1 Å². The predicted octanol–water partition coefficient (Wildman–Crippen LogP) is 2.99.